The molecule has 0 saturated carbocycles. The standard InChI is InChI=1S/C16H13ClN2OS/c1-19-16(20)13-8-7-12(9-14(13)15(17)18-19)21-10-11-5-3-2-4-6-11/h2-9H,10H2,1H3. The van der Waals surface area contributed by atoms with Crippen molar-refractivity contribution in [3.63, 3.8) is 0 Å². The van der Waals surface area contributed by atoms with Crippen molar-refractivity contribution in [2.45, 2.75) is 10.6 Å². The van der Waals surface area contributed by atoms with Crippen molar-refractivity contribution in [1.29, 1.82) is 0 Å². The number of benzene rings is 2. The minimum absolute atomic E-state index is 0.131. The second kappa shape index (κ2) is 5.92. The molecule has 0 N–H and O–H groups in total. The zero-order chi connectivity index (χ0) is 14.8. The molecule has 0 saturated heterocycles. The fourth-order valence-corrected chi connectivity index (χ4v) is 3.28. The first-order valence-electron chi connectivity index (χ1n) is 6.48. The van der Waals surface area contributed by atoms with E-state index in [1.807, 2.05) is 36.4 Å². The second-order valence-corrected chi connectivity index (χ2v) is 6.11. The lowest BCUT2D eigenvalue weighted by atomic mass is 10.2. The molecule has 3 aromatic rings. The molecule has 5 heteroatoms. The molecule has 0 bridgehead atoms. The Morgan fingerprint density at radius 2 is 1.90 bits per heavy atom. The van der Waals surface area contributed by atoms with Gasteiger partial charge in [0, 0.05) is 23.1 Å². The molecule has 0 radical (unpaired) electrons. The molecule has 0 amide bonds. The highest BCUT2D eigenvalue weighted by Gasteiger charge is 2.08. The average molecular weight is 317 g/mol. The average Bonchev–Trinajstić information content (AvgIpc) is 2.51. The van der Waals surface area contributed by atoms with Crippen LogP contribution in [-0.2, 0) is 12.8 Å². The Hall–Kier alpha value is -1.78. The van der Waals surface area contributed by atoms with Crippen LogP contribution in [0.4, 0.5) is 0 Å². The third-order valence-electron chi connectivity index (χ3n) is 3.22. The fourth-order valence-electron chi connectivity index (χ4n) is 2.12. The van der Waals surface area contributed by atoms with Gasteiger partial charge in [-0.2, -0.15) is 5.10 Å². The number of fused-ring (bicyclic) bond motifs is 1. The number of thioether (sulfide) groups is 1. The van der Waals surface area contributed by atoms with Crippen LogP contribution in [0.15, 0.2) is 58.2 Å². The Kier molecular flexibility index (Phi) is 3.99. The summed E-state index contributed by atoms with van der Waals surface area (Å²) in [6.07, 6.45) is 0. The third-order valence-corrected chi connectivity index (χ3v) is 4.57. The first-order valence-corrected chi connectivity index (χ1v) is 7.85. The smallest absolute Gasteiger partial charge is 0.267 e. The molecule has 3 rings (SSSR count). The van der Waals surface area contributed by atoms with Crippen LogP contribution in [0.25, 0.3) is 10.8 Å². The van der Waals surface area contributed by atoms with Gasteiger partial charge in [0.2, 0.25) is 0 Å². The van der Waals surface area contributed by atoms with Crippen LogP contribution in [-0.4, -0.2) is 9.78 Å². The van der Waals surface area contributed by atoms with Crippen molar-refractivity contribution >= 4 is 34.1 Å². The molecule has 0 fully saturated rings. The molecule has 1 aromatic heterocycles. The summed E-state index contributed by atoms with van der Waals surface area (Å²) in [5, 5.41) is 5.68. The Labute approximate surface area is 131 Å². The van der Waals surface area contributed by atoms with E-state index in [4.69, 9.17) is 11.6 Å². The number of aromatic nitrogens is 2. The van der Waals surface area contributed by atoms with Crippen LogP contribution in [0.3, 0.4) is 0 Å². The molecule has 106 valence electrons. The normalized spacial score (nSPS) is 11.0. The van der Waals surface area contributed by atoms with Crippen molar-refractivity contribution in [1.82, 2.24) is 9.78 Å². The lowest BCUT2D eigenvalue weighted by Gasteiger charge is -2.06. The Bertz CT molecular complexity index is 846. The summed E-state index contributed by atoms with van der Waals surface area (Å²) in [6, 6.07) is 16.0. The molecule has 0 aliphatic carbocycles. The predicted octanol–water partition coefficient (Wildman–Crippen LogP) is 3.88. The summed E-state index contributed by atoms with van der Waals surface area (Å²) in [5.41, 5.74) is 1.13. The highest BCUT2D eigenvalue weighted by Crippen LogP contribution is 2.27. The molecular formula is C16H13ClN2OS. The number of hydrogen-bond acceptors (Lipinski definition) is 3. The summed E-state index contributed by atoms with van der Waals surface area (Å²) in [5.74, 6) is 0.877. The lowest BCUT2D eigenvalue weighted by molar-refractivity contribution is 0.718. The van der Waals surface area contributed by atoms with E-state index in [2.05, 4.69) is 17.2 Å². The molecule has 21 heavy (non-hydrogen) atoms. The summed E-state index contributed by atoms with van der Waals surface area (Å²) in [7, 11) is 1.60. The van der Waals surface area contributed by atoms with Crippen molar-refractivity contribution in [3.8, 4) is 0 Å². The predicted molar refractivity (Wildman–Crippen MR) is 88.0 cm³/mol. The van der Waals surface area contributed by atoms with Gasteiger partial charge in [0.15, 0.2) is 5.15 Å². The van der Waals surface area contributed by atoms with E-state index >= 15 is 0 Å². The molecule has 3 nitrogen and oxygen atoms in total. The first kappa shape index (κ1) is 14.2. The second-order valence-electron chi connectivity index (χ2n) is 4.70. The number of halogens is 1. The maximum Gasteiger partial charge on any atom is 0.274 e. The largest absolute Gasteiger partial charge is 0.274 e. The summed E-state index contributed by atoms with van der Waals surface area (Å²) in [4.78, 5) is 13.1. The molecule has 0 atom stereocenters. The maximum atomic E-state index is 12.0. The van der Waals surface area contributed by atoms with Gasteiger partial charge in [0.25, 0.3) is 5.56 Å². The van der Waals surface area contributed by atoms with Gasteiger partial charge in [-0.3, -0.25) is 4.79 Å². The highest BCUT2D eigenvalue weighted by atomic mass is 35.5. The zero-order valence-electron chi connectivity index (χ0n) is 11.4. The van der Waals surface area contributed by atoms with E-state index < -0.39 is 0 Å². The SMILES string of the molecule is Cn1nc(Cl)c2cc(SCc3ccccc3)ccc2c1=O. The minimum atomic E-state index is -0.131. The molecule has 2 aromatic carbocycles. The molecular weight excluding hydrogens is 304 g/mol. The van der Waals surface area contributed by atoms with E-state index in [9.17, 15) is 4.79 Å². The Balaban J connectivity index is 1.93. The van der Waals surface area contributed by atoms with Gasteiger partial charge in [-0.15, -0.1) is 11.8 Å². The van der Waals surface area contributed by atoms with Crippen LogP contribution in [0.2, 0.25) is 5.15 Å². The third kappa shape index (κ3) is 2.96. The van der Waals surface area contributed by atoms with E-state index in [1.165, 1.54) is 10.2 Å². The number of rotatable bonds is 3. The summed E-state index contributed by atoms with van der Waals surface area (Å²) in [6.45, 7) is 0. The van der Waals surface area contributed by atoms with Crippen LogP contribution in [0.1, 0.15) is 5.56 Å². The molecule has 0 spiro atoms. The highest BCUT2D eigenvalue weighted by molar-refractivity contribution is 7.98. The van der Waals surface area contributed by atoms with E-state index in [0.717, 1.165) is 10.6 Å². The van der Waals surface area contributed by atoms with Gasteiger partial charge >= 0.3 is 0 Å². The van der Waals surface area contributed by atoms with E-state index in [0.29, 0.717) is 15.9 Å². The quantitative estimate of drug-likeness (QED) is 0.688. The van der Waals surface area contributed by atoms with Gasteiger partial charge < -0.3 is 0 Å². The molecule has 0 aliphatic rings. The monoisotopic (exact) mass is 316 g/mol. The van der Waals surface area contributed by atoms with Gasteiger partial charge in [-0.1, -0.05) is 41.9 Å². The van der Waals surface area contributed by atoms with E-state index in [1.54, 1.807) is 18.8 Å². The maximum absolute atomic E-state index is 12.0. The van der Waals surface area contributed by atoms with Crippen molar-refractivity contribution in [2.75, 3.05) is 0 Å². The van der Waals surface area contributed by atoms with Crippen LogP contribution >= 0.6 is 23.4 Å². The Morgan fingerprint density at radius 1 is 1.14 bits per heavy atom. The van der Waals surface area contributed by atoms with Crippen LogP contribution < -0.4 is 5.56 Å². The number of hydrogen-bond donors (Lipinski definition) is 0. The molecule has 1 heterocycles. The fraction of sp³-hybridized carbons (Fsp3) is 0.125. The topological polar surface area (TPSA) is 34.9 Å². The van der Waals surface area contributed by atoms with Gasteiger partial charge in [-0.25, -0.2) is 4.68 Å². The number of nitrogens with zero attached hydrogens (tertiary/aromatic N) is 2. The lowest BCUT2D eigenvalue weighted by Crippen LogP contribution is -2.19. The summed E-state index contributed by atoms with van der Waals surface area (Å²) < 4.78 is 1.27. The minimum Gasteiger partial charge on any atom is -0.267 e. The van der Waals surface area contributed by atoms with Crippen LogP contribution in [0.5, 0.6) is 0 Å². The van der Waals surface area contributed by atoms with Gasteiger partial charge in [-0.05, 0) is 23.8 Å². The summed E-state index contributed by atoms with van der Waals surface area (Å²) >= 11 is 7.86. The first-order chi connectivity index (χ1) is 10.1. The number of aryl methyl sites for hydroxylation is 1. The zero-order valence-corrected chi connectivity index (χ0v) is 13.0. The molecule has 0 aliphatic heterocycles. The molecule has 0 unspecified atom stereocenters. The van der Waals surface area contributed by atoms with Gasteiger partial charge in [0.1, 0.15) is 0 Å². The van der Waals surface area contributed by atoms with E-state index in [-0.39, 0.29) is 5.56 Å². The van der Waals surface area contributed by atoms with Crippen molar-refractivity contribution < 1.29 is 0 Å². The van der Waals surface area contributed by atoms with Crippen molar-refractivity contribution in [3.05, 3.63) is 69.6 Å². The van der Waals surface area contributed by atoms with Gasteiger partial charge in [0.05, 0.1) is 5.39 Å². The van der Waals surface area contributed by atoms with Crippen LogP contribution in [0, 0.1) is 0 Å². The Morgan fingerprint density at radius 3 is 2.67 bits per heavy atom. The van der Waals surface area contributed by atoms with Crippen molar-refractivity contribution in [2.24, 2.45) is 7.05 Å².